The van der Waals surface area contributed by atoms with Gasteiger partial charge < -0.3 is 15.4 Å². The minimum Gasteiger partial charge on any atom is -0.489 e. The van der Waals surface area contributed by atoms with Gasteiger partial charge in [-0.2, -0.15) is 0 Å². The summed E-state index contributed by atoms with van der Waals surface area (Å²) in [4.78, 5) is 0. The molecule has 0 atom stereocenters. The molecule has 4 heteroatoms. The number of halogens is 1. The Morgan fingerprint density at radius 3 is 2.73 bits per heavy atom. The van der Waals surface area contributed by atoms with Gasteiger partial charge >= 0.3 is 0 Å². The molecule has 0 spiro atoms. The van der Waals surface area contributed by atoms with Gasteiger partial charge in [0, 0.05) is 12.1 Å². The number of hydrogen-bond acceptors (Lipinski definition) is 3. The molecule has 0 aliphatic rings. The van der Waals surface area contributed by atoms with Crippen LogP contribution in [0.25, 0.3) is 0 Å². The zero-order chi connectivity index (χ0) is 15.6. The van der Waals surface area contributed by atoms with Crippen LogP contribution in [0.3, 0.4) is 0 Å². The zero-order valence-corrected chi connectivity index (χ0v) is 12.9. The van der Waals surface area contributed by atoms with Gasteiger partial charge in [-0.15, -0.1) is 0 Å². The summed E-state index contributed by atoms with van der Waals surface area (Å²) in [5.41, 5.74) is 1.73. The van der Waals surface area contributed by atoms with Crippen molar-refractivity contribution in [2.45, 2.75) is 19.6 Å². The summed E-state index contributed by atoms with van der Waals surface area (Å²) < 4.78 is 19.2. The van der Waals surface area contributed by atoms with E-state index in [2.05, 4.69) is 16.7 Å². The van der Waals surface area contributed by atoms with Crippen LogP contribution in [0.2, 0.25) is 0 Å². The highest BCUT2D eigenvalue weighted by Crippen LogP contribution is 2.16. The van der Waals surface area contributed by atoms with Crippen LogP contribution in [0.5, 0.6) is 5.75 Å². The third-order valence-corrected chi connectivity index (χ3v) is 3.36. The van der Waals surface area contributed by atoms with Crippen LogP contribution < -0.4 is 15.4 Å². The molecule has 3 nitrogen and oxygen atoms in total. The Morgan fingerprint density at radius 1 is 1.05 bits per heavy atom. The lowest BCUT2D eigenvalue weighted by Gasteiger charge is -2.09. The topological polar surface area (TPSA) is 33.3 Å². The number of ether oxygens (including phenoxy) is 1. The molecule has 0 unspecified atom stereocenters. The minimum atomic E-state index is -0.232. The lowest BCUT2D eigenvalue weighted by atomic mass is 10.2. The van der Waals surface area contributed by atoms with E-state index in [9.17, 15) is 4.39 Å². The third kappa shape index (κ3) is 5.47. The molecule has 0 aliphatic carbocycles. The van der Waals surface area contributed by atoms with Gasteiger partial charge in [0.25, 0.3) is 0 Å². The van der Waals surface area contributed by atoms with Gasteiger partial charge in [-0.05, 0) is 50.3 Å². The van der Waals surface area contributed by atoms with E-state index in [1.165, 1.54) is 6.07 Å². The second-order valence-electron chi connectivity index (χ2n) is 5.16. The Kier molecular flexibility index (Phi) is 6.87. The molecule has 2 aromatic rings. The average molecular weight is 302 g/mol. The van der Waals surface area contributed by atoms with Crippen molar-refractivity contribution in [3.05, 3.63) is 65.5 Å². The highest BCUT2D eigenvalue weighted by atomic mass is 19.1. The third-order valence-electron chi connectivity index (χ3n) is 3.36. The molecule has 22 heavy (non-hydrogen) atoms. The predicted octanol–water partition coefficient (Wildman–Crippen LogP) is 3.10. The van der Waals surface area contributed by atoms with Crippen molar-refractivity contribution in [1.29, 1.82) is 0 Å². The molecule has 2 rings (SSSR count). The van der Waals surface area contributed by atoms with E-state index in [4.69, 9.17) is 4.74 Å². The van der Waals surface area contributed by atoms with Crippen LogP contribution in [0, 0.1) is 5.82 Å². The molecule has 0 aromatic heterocycles. The summed E-state index contributed by atoms with van der Waals surface area (Å²) in [6.45, 7) is 3.03. The van der Waals surface area contributed by atoms with Gasteiger partial charge in [-0.25, -0.2) is 4.39 Å². The molecule has 0 heterocycles. The second-order valence-corrected chi connectivity index (χ2v) is 5.16. The molecule has 0 amide bonds. The van der Waals surface area contributed by atoms with Gasteiger partial charge in [0.2, 0.25) is 0 Å². The number of nitrogens with one attached hydrogen (secondary N) is 2. The average Bonchev–Trinajstić information content (AvgIpc) is 2.54. The molecule has 0 fully saturated rings. The van der Waals surface area contributed by atoms with E-state index in [1.54, 1.807) is 12.1 Å². The fourth-order valence-electron chi connectivity index (χ4n) is 2.14. The maximum atomic E-state index is 13.5. The molecule has 0 aliphatic heterocycles. The highest BCUT2D eigenvalue weighted by molar-refractivity contribution is 5.29. The van der Waals surface area contributed by atoms with Crippen molar-refractivity contribution in [3.8, 4) is 5.75 Å². The smallest absolute Gasteiger partial charge is 0.129 e. The Morgan fingerprint density at radius 2 is 1.91 bits per heavy atom. The van der Waals surface area contributed by atoms with Crippen LogP contribution in [0.15, 0.2) is 48.5 Å². The van der Waals surface area contributed by atoms with E-state index >= 15 is 0 Å². The largest absolute Gasteiger partial charge is 0.489 e. The van der Waals surface area contributed by atoms with Crippen LogP contribution in [-0.4, -0.2) is 20.1 Å². The molecule has 118 valence electrons. The molecule has 0 radical (unpaired) electrons. The van der Waals surface area contributed by atoms with Crippen molar-refractivity contribution in [3.63, 3.8) is 0 Å². The minimum absolute atomic E-state index is 0.232. The van der Waals surface area contributed by atoms with Gasteiger partial charge in [0.15, 0.2) is 0 Å². The Hall–Kier alpha value is -1.91. The second kappa shape index (κ2) is 9.18. The number of hydrogen-bond donors (Lipinski definition) is 2. The molecule has 0 bridgehead atoms. The Bertz CT molecular complexity index is 575. The van der Waals surface area contributed by atoms with Crippen molar-refractivity contribution < 1.29 is 9.13 Å². The summed E-state index contributed by atoms with van der Waals surface area (Å²) in [6, 6.07) is 14.6. The quantitative estimate of drug-likeness (QED) is 0.698. The molecular formula is C18H23FN2O. The van der Waals surface area contributed by atoms with Crippen molar-refractivity contribution in [1.82, 2.24) is 10.6 Å². The summed E-state index contributed by atoms with van der Waals surface area (Å²) in [5.74, 6) is 0.530. The van der Waals surface area contributed by atoms with Gasteiger partial charge in [-0.3, -0.25) is 0 Å². The SMILES string of the molecule is CNCCCNCc1cccc(OCc2ccccc2F)c1. The predicted molar refractivity (Wildman–Crippen MR) is 87.4 cm³/mol. The summed E-state index contributed by atoms with van der Waals surface area (Å²) in [6.07, 6.45) is 1.10. The zero-order valence-electron chi connectivity index (χ0n) is 12.9. The van der Waals surface area contributed by atoms with Crippen molar-refractivity contribution >= 4 is 0 Å². The van der Waals surface area contributed by atoms with E-state index in [0.717, 1.165) is 37.4 Å². The van der Waals surface area contributed by atoms with Gasteiger partial charge in [-0.1, -0.05) is 30.3 Å². The van der Waals surface area contributed by atoms with E-state index in [0.29, 0.717) is 5.56 Å². The van der Waals surface area contributed by atoms with Crippen molar-refractivity contribution in [2.24, 2.45) is 0 Å². The molecule has 2 N–H and O–H groups in total. The van der Waals surface area contributed by atoms with Crippen LogP contribution in [-0.2, 0) is 13.2 Å². The molecule has 0 saturated heterocycles. The van der Waals surface area contributed by atoms with Gasteiger partial charge in [0.05, 0.1) is 0 Å². The first-order valence-corrected chi connectivity index (χ1v) is 7.60. The first-order chi connectivity index (χ1) is 10.8. The fraction of sp³-hybridized carbons (Fsp3) is 0.333. The summed E-state index contributed by atoms with van der Waals surface area (Å²) in [7, 11) is 1.95. The Labute approximate surface area is 131 Å². The molecule has 0 saturated carbocycles. The fourth-order valence-corrected chi connectivity index (χ4v) is 2.14. The normalized spacial score (nSPS) is 10.6. The van der Waals surface area contributed by atoms with Crippen molar-refractivity contribution in [2.75, 3.05) is 20.1 Å². The highest BCUT2D eigenvalue weighted by Gasteiger charge is 2.02. The van der Waals surface area contributed by atoms with Crippen LogP contribution in [0.4, 0.5) is 4.39 Å². The van der Waals surface area contributed by atoms with E-state index in [1.807, 2.05) is 31.3 Å². The number of benzene rings is 2. The Balaban J connectivity index is 1.82. The van der Waals surface area contributed by atoms with Crippen LogP contribution in [0.1, 0.15) is 17.5 Å². The number of rotatable bonds is 9. The van der Waals surface area contributed by atoms with E-state index in [-0.39, 0.29) is 12.4 Å². The maximum absolute atomic E-state index is 13.5. The first kappa shape index (κ1) is 16.5. The van der Waals surface area contributed by atoms with Gasteiger partial charge in [0.1, 0.15) is 18.2 Å². The summed E-state index contributed by atoms with van der Waals surface area (Å²) >= 11 is 0. The summed E-state index contributed by atoms with van der Waals surface area (Å²) in [5, 5.41) is 6.51. The lowest BCUT2D eigenvalue weighted by Crippen LogP contribution is -2.19. The molecule has 2 aromatic carbocycles. The van der Waals surface area contributed by atoms with Crippen LogP contribution >= 0.6 is 0 Å². The lowest BCUT2D eigenvalue weighted by molar-refractivity contribution is 0.299. The maximum Gasteiger partial charge on any atom is 0.129 e. The first-order valence-electron chi connectivity index (χ1n) is 7.60. The monoisotopic (exact) mass is 302 g/mol. The van der Waals surface area contributed by atoms with E-state index < -0.39 is 0 Å². The standard InChI is InChI=1S/C18H23FN2O/c1-20-10-5-11-21-13-15-6-4-8-17(12-15)22-14-16-7-2-3-9-18(16)19/h2-4,6-9,12,20-21H,5,10-11,13-14H2,1H3. The molecular weight excluding hydrogens is 279 g/mol.